The number of halogens is 1. The second-order valence-corrected chi connectivity index (χ2v) is 6.58. The number of anilines is 2. The number of nitrogens with zero attached hydrogens (tertiary/aromatic N) is 1. The minimum atomic E-state index is 0.0569. The van der Waals surface area contributed by atoms with E-state index in [4.69, 9.17) is 11.6 Å². The van der Waals surface area contributed by atoms with Gasteiger partial charge in [-0.25, -0.2) is 0 Å². The third-order valence-electron chi connectivity index (χ3n) is 4.34. The van der Waals surface area contributed by atoms with Crippen molar-refractivity contribution in [2.75, 3.05) is 18.4 Å². The molecule has 2 aromatic rings. The summed E-state index contributed by atoms with van der Waals surface area (Å²) in [6.45, 7) is 3.67. The van der Waals surface area contributed by atoms with Crippen molar-refractivity contribution in [1.82, 2.24) is 4.90 Å². The lowest BCUT2D eigenvalue weighted by Gasteiger charge is -2.27. The van der Waals surface area contributed by atoms with Crippen molar-refractivity contribution in [1.29, 1.82) is 0 Å². The van der Waals surface area contributed by atoms with E-state index in [-0.39, 0.29) is 11.7 Å². The number of aryl methyl sites for hydroxylation is 1. The molecule has 2 N–H and O–H groups in total. The lowest BCUT2D eigenvalue weighted by Crippen LogP contribution is -2.35. The first-order valence-corrected chi connectivity index (χ1v) is 8.58. The highest BCUT2D eigenvalue weighted by molar-refractivity contribution is 6.32. The summed E-state index contributed by atoms with van der Waals surface area (Å²) in [5, 5.41) is 13.0. The van der Waals surface area contributed by atoms with Gasteiger partial charge in [0.25, 0.3) is 5.91 Å². The van der Waals surface area contributed by atoms with Gasteiger partial charge in [-0.15, -0.1) is 0 Å². The SMILES string of the molecule is Cc1cc(C(=O)N2CCCCC2)ccc1Nc1ccc(O)c(Cl)c1. The van der Waals surface area contributed by atoms with Gasteiger partial charge >= 0.3 is 0 Å². The van der Waals surface area contributed by atoms with Crippen LogP contribution in [-0.4, -0.2) is 29.0 Å². The molecular weight excluding hydrogens is 324 g/mol. The van der Waals surface area contributed by atoms with Crippen LogP contribution in [0.15, 0.2) is 36.4 Å². The van der Waals surface area contributed by atoms with Crippen molar-refractivity contribution in [2.24, 2.45) is 0 Å². The van der Waals surface area contributed by atoms with E-state index < -0.39 is 0 Å². The molecule has 1 saturated heterocycles. The smallest absolute Gasteiger partial charge is 0.253 e. The average molecular weight is 345 g/mol. The summed E-state index contributed by atoms with van der Waals surface area (Å²) in [7, 11) is 0. The van der Waals surface area contributed by atoms with E-state index >= 15 is 0 Å². The molecule has 3 rings (SSSR count). The molecule has 5 heteroatoms. The van der Waals surface area contributed by atoms with Crippen LogP contribution in [0.25, 0.3) is 0 Å². The molecule has 126 valence electrons. The third kappa shape index (κ3) is 3.65. The van der Waals surface area contributed by atoms with Crippen LogP contribution in [0.2, 0.25) is 5.02 Å². The van der Waals surface area contributed by atoms with Gasteiger partial charge in [0.1, 0.15) is 5.75 Å². The predicted octanol–water partition coefficient (Wildman–Crippen LogP) is 4.72. The topological polar surface area (TPSA) is 52.6 Å². The summed E-state index contributed by atoms with van der Waals surface area (Å²) in [6, 6.07) is 10.7. The number of phenols is 1. The molecule has 0 atom stereocenters. The fourth-order valence-electron chi connectivity index (χ4n) is 2.96. The van der Waals surface area contributed by atoms with E-state index in [1.807, 2.05) is 30.0 Å². The predicted molar refractivity (Wildman–Crippen MR) is 97.3 cm³/mol. The molecule has 1 aliphatic rings. The van der Waals surface area contributed by atoms with E-state index in [2.05, 4.69) is 5.32 Å². The summed E-state index contributed by atoms with van der Waals surface area (Å²) in [6.07, 6.45) is 3.39. The first kappa shape index (κ1) is 16.7. The van der Waals surface area contributed by atoms with E-state index in [1.54, 1.807) is 18.2 Å². The molecule has 0 radical (unpaired) electrons. The van der Waals surface area contributed by atoms with Crippen LogP contribution in [0.4, 0.5) is 11.4 Å². The van der Waals surface area contributed by atoms with Crippen LogP contribution >= 0.6 is 11.6 Å². The molecule has 0 unspecified atom stereocenters. The largest absolute Gasteiger partial charge is 0.506 e. The monoisotopic (exact) mass is 344 g/mol. The van der Waals surface area contributed by atoms with Crippen molar-refractivity contribution in [3.8, 4) is 5.75 Å². The molecule has 0 aromatic heterocycles. The normalized spacial score (nSPS) is 14.5. The van der Waals surface area contributed by atoms with Gasteiger partial charge in [0.15, 0.2) is 0 Å². The van der Waals surface area contributed by atoms with E-state index in [0.29, 0.717) is 5.02 Å². The first-order chi connectivity index (χ1) is 11.5. The zero-order valence-electron chi connectivity index (χ0n) is 13.7. The number of likely N-dealkylation sites (tertiary alicyclic amines) is 1. The van der Waals surface area contributed by atoms with Crippen molar-refractivity contribution in [3.63, 3.8) is 0 Å². The van der Waals surface area contributed by atoms with Gasteiger partial charge < -0.3 is 15.3 Å². The number of hydrogen-bond donors (Lipinski definition) is 2. The highest BCUT2D eigenvalue weighted by atomic mass is 35.5. The lowest BCUT2D eigenvalue weighted by atomic mass is 10.1. The Balaban J connectivity index is 1.76. The summed E-state index contributed by atoms with van der Waals surface area (Å²) < 4.78 is 0. The summed E-state index contributed by atoms with van der Waals surface area (Å²) in [4.78, 5) is 14.5. The molecular formula is C19H21ClN2O2. The Labute approximate surface area is 147 Å². The second-order valence-electron chi connectivity index (χ2n) is 6.17. The van der Waals surface area contributed by atoms with Gasteiger partial charge in [0, 0.05) is 30.0 Å². The number of hydrogen-bond acceptors (Lipinski definition) is 3. The standard InChI is InChI=1S/C19H21ClN2O2/c1-13-11-14(19(24)22-9-3-2-4-10-22)5-7-17(13)21-15-6-8-18(23)16(20)12-15/h5-8,11-12,21,23H,2-4,9-10H2,1H3. The Morgan fingerprint density at radius 1 is 1.12 bits per heavy atom. The van der Waals surface area contributed by atoms with Crippen LogP contribution in [0.1, 0.15) is 35.2 Å². The van der Waals surface area contributed by atoms with Crippen LogP contribution in [0.3, 0.4) is 0 Å². The second kappa shape index (κ2) is 7.14. The van der Waals surface area contributed by atoms with Crippen LogP contribution in [-0.2, 0) is 0 Å². The van der Waals surface area contributed by atoms with Gasteiger partial charge in [-0.3, -0.25) is 4.79 Å². The molecule has 1 amide bonds. The lowest BCUT2D eigenvalue weighted by molar-refractivity contribution is 0.0724. The molecule has 0 bridgehead atoms. The molecule has 2 aromatic carbocycles. The number of phenolic OH excluding ortho intramolecular Hbond substituents is 1. The highest BCUT2D eigenvalue weighted by Gasteiger charge is 2.18. The molecule has 0 aliphatic carbocycles. The zero-order chi connectivity index (χ0) is 17.1. The van der Waals surface area contributed by atoms with Gasteiger partial charge in [0.2, 0.25) is 0 Å². The molecule has 4 nitrogen and oxygen atoms in total. The number of piperidine rings is 1. The Morgan fingerprint density at radius 2 is 1.88 bits per heavy atom. The molecule has 0 saturated carbocycles. The number of rotatable bonds is 3. The highest BCUT2D eigenvalue weighted by Crippen LogP contribution is 2.29. The maximum absolute atomic E-state index is 12.6. The third-order valence-corrected chi connectivity index (χ3v) is 4.65. The number of nitrogens with one attached hydrogen (secondary N) is 1. The molecule has 1 aliphatic heterocycles. The van der Waals surface area contributed by atoms with Crippen molar-refractivity contribution >= 4 is 28.9 Å². The summed E-state index contributed by atoms with van der Waals surface area (Å²) >= 11 is 5.93. The summed E-state index contributed by atoms with van der Waals surface area (Å²) in [5.41, 5.74) is 3.41. The number of aromatic hydroxyl groups is 1. The number of carbonyl (C=O) groups excluding carboxylic acids is 1. The maximum Gasteiger partial charge on any atom is 0.253 e. The maximum atomic E-state index is 12.6. The minimum absolute atomic E-state index is 0.0569. The fraction of sp³-hybridized carbons (Fsp3) is 0.316. The van der Waals surface area contributed by atoms with Crippen molar-refractivity contribution in [2.45, 2.75) is 26.2 Å². The van der Waals surface area contributed by atoms with Gasteiger partial charge in [-0.2, -0.15) is 0 Å². The van der Waals surface area contributed by atoms with Crippen molar-refractivity contribution in [3.05, 3.63) is 52.5 Å². The van der Waals surface area contributed by atoms with Gasteiger partial charge in [-0.1, -0.05) is 11.6 Å². The van der Waals surface area contributed by atoms with E-state index in [0.717, 1.165) is 48.4 Å². The molecule has 24 heavy (non-hydrogen) atoms. The molecule has 1 heterocycles. The van der Waals surface area contributed by atoms with Crippen LogP contribution in [0.5, 0.6) is 5.75 Å². The Hall–Kier alpha value is -2.20. The molecule has 1 fully saturated rings. The average Bonchev–Trinajstić information content (AvgIpc) is 2.60. The van der Waals surface area contributed by atoms with Crippen LogP contribution < -0.4 is 5.32 Å². The summed E-state index contributed by atoms with van der Waals surface area (Å²) in [5.74, 6) is 0.165. The molecule has 0 spiro atoms. The fourth-order valence-corrected chi connectivity index (χ4v) is 3.14. The Kier molecular flexibility index (Phi) is 4.95. The zero-order valence-corrected chi connectivity index (χ0v) is 14.4. The quantitative estimate of drug-likeness (QED) is 0.792. The number of benzene rings is 2. The van der Waals surface area contributed by atoms with E-state index in [9.17, 15) is 9.90 Å². The first-order valence-electron chi connectivity index (χ1n) is 8.20. The number of amides is 1. The Morgan fingerprint density at radius 3 is 2.54 bits per heavy atom. The van der Waals surface area contributed by atoms with Gasteiger partial charge in [-0.05, 0) is 68.1 Å². The van der Waals surface area contributed by atoms with Crippen LogP contribution in [0, 0.1) is 6.92 Å². The van der Waals surface area contributed by atoms with Crippen molar-refractivity contribution < 1.29 is 9.90 Å². The Bertz CT molecular complexity index is 755. The minimum Gasteiger partial charge on any atom is -0.506 e. The van der Waals surface area contributed by atoms with E-state index in [1.165, 1.54) is 6.42 Å². The van der Waals surface area contributed by atoms with Gasteiger partial charge in [0.05, 0.1) is 5.02 Å². The number of carbonyl (C=O) groups is 1.